The van der Waals surface area contributed by atoms with Crippen molar-refractivity contribution in [1.82, 2.24) is 9.97 Å². The van der Waals surface area contributed by atoms with E-state index in [0.717, 1.165) is 0 Å². The van der Waals surface area contributed by atoms with Crippen LogP contribution in [0.2, 0.25) is 0 Å². The summed E-state index contributed by atoms with van der Waals surface area (Å²) in [4.78, 5) is 19.6. The van der Waals surface area contributed by atoms with Gasteiger partial charge >= 0.3 is 0 Å². The third-order valence-corrected chi connectivity index (χ3v) is 4.22. The highest BCUT2D eigenvalue weighted by atomic mass is 127. The summed E-state index contributed by atoms with van der Waals surface area (Å²) < 4.78 is 0.618. The van der Waals surface area contributed by atoms with Crippen LogP contribution in [0.1, 0.15) is 11.4 Å². The molecule has 17 heavy (non-hydrogen) atoms. The summed E-state index contributed by atoms with van der Waals surface area (Å²) in [6.45, 7) is 2.08. The van der Waals surface area contributed by atoms with Gasteiger partial charge in [-0.25, -0.2) is 4.98 Å². The fraction of sp³-hybridized carbons (Fsp3) is 0.167. The lowest BCUT2D eigenvalue weighted by Gasteiger charge is -2.04. The Morgan fingerprint density at radius 3 is 2.88 bits per heavy atom. The first kappa shape index (κ1) is 12.6. The standard InChI is InChI=1S/C12H11IN2OS/c1-8-4-2-3-5-10(8)17-7-11-14-6-9(13)12(16)15-11/h2-6H,7H2,1H3,(H,14,15,16). The summed E-state index contributed by atoms with van der Waals surface area (Å²) >= 11 is 3.65. The van der Waals surface area contributed by atoms with Crippen molar-refractivity contribution in [2.45, 2.75) is 17.6 Å². The molecular formula is C12H11IN2OS. The number of H-pyrrole nitrogens is 1. The van der Waals surface area contributed by atoms with Crippen molar-refractivity contribution >= 4 is 34.4 Å². The number of thioether (sulfide) groups is 1. The van der Waals surface area contributed by atoms with E-state index in [0.29, 0.717) is 15.1 Å². The first-order valence-corrected chi connectivity index (χ1v) is 7.15. The van der Waals surface area contributed by atoms with Crippen LogP contribution >= 0.6 is 34.4 Å². The quantitative estimate of drug-likeness (QED) is 0.678. The number of aryl methyl sites for hydroxylation is 1. The van der Waals surface area contributed by atoms with Gasteiger partial charge in [-0.05, 0) is 41.1 Å². The van der Waals surface area contributed by atoms with E-state index in [4.69, 9.17) is 0 Å². The molecule has 1 aromatic heterocycles. The average Bonchev–Trinajstić information content (AvgIpc) is 2.32. The van der Waals surface area contributed by atoms with Crippen LogP contribution in [0, 0.1) is 10.5 Å². The Balaban J connectivity index is 2.10. The minimum Gasteiger partial charge on any atom is -0.309 e. The Morgan fingerprint density at radius 1 is 1.41 bits per heavy atom. The molecule has 0 aliphatic rings. The number of aromatic amines is 1. The summed E-state index contributed by atoms with van der Waals surface area (Å²) in [6, 6.07) is 8.18. The third-order valence-electron chi connectivity index (χ3n) is 2.27. The average molecular weight is 358 g/mol. The maximum atomic E-state index is 11.4. The van der Waals surface area contributed by atoms with Gasteiger partial charge in [0.05, 0.1) is 9.32 Å². The van der Waals surface area contributed by atoms with Crippen LogP contribution in [-0.4, -0.2) is 9.97 Å². The number of hydrogen-bond acceptors (Lipinski definition) is 3. The molecule has 1 aromatic carbocycles. The van der Waals surface area contributed by atoms with Crippen LogP contribution in [-0.2, 0) is 5.75 Å². The Labute approximate surface area is 117 Å². The van der Waals surface area contributed by atoms with E-state index in [1.165, 1.54) is 10.5 Å². The van der Waals surface area contributed by atoms with Gasteiger partial charge in [-0.1, -0.05) is 18.2 Å². The summed E-state index contributed by atoms with van der Waals surface area (Å²) in [6.07, 6.45) is 1.60. The van der Waals surface area contributed by atoms with Crippen molar-refractivity contribution in [2.75, 3.05) is 0 Å². The Kier molecular flexibility index (Phi) is 4.22. The highest BCUT2D eigenvalue weighted by Gasteiger charge is 2.02. The minimum atomic E-state index is -0.0685. The third kappa shape index (κ3) is 3.32. The molecule has 0 saturated carbocycles. The van der Waals surface area contributed by atoms with Gasteiger partial charge in [0.1, 0.15) is 5.82 Å². The van der Waals surface area contributed by atoms with Crippen LogP contribution in [0.15, 0.2) is 40.2 Å². The molecule has 0 spiro atoms. The molecule has 1 N–H and O–H groups in total. The molecule has 2 rings (SSSR count). The van der Waals surface area contributed by atoms with Crippen molar-refractivity contribution in [1.29, 1.82) is 0 Å². The molecule has 0 atom stereocenters. The van der Waals surface area contributed by atoms with Gasteiger partial charge in [-0.3, -0.25) is 4.79 Å². The first-order valence-electron chi connectivity index (χ1n) is 5.09. The first-order chi connectivity index (χ1) is 8.16. The van der Waals surface area contributed by atoms with E-state index in [2.05, 4.69) is 29.0 Å². The summed E-state index contributed by atoms with van der Waals surface area (Å²) in [7, 11) is 0. The number of hydrogen-bond donors (Lipinski definition) is 1. The fourth-order valence-corrected chi connectivity index (χ4v) is 2.54. The molecule has 0 amide bonds. The summed E-state index contributed by atoms with van der Waals surface area (Å²) in [5.41, 5.74) is 1.17. The van der Waals surface area contributed by atoms with Gasteiger partial charge in [-0.2, -0.15) is 0 Å². The summed E-state index contributed by atoms with van der Waals surface area (Å²) in [5, 5.41) is 0. The van der Waals surface area contributed by atoms with Gasteiger partial charge in [0.15, 0.2) is 0 Å². The number of benzene rings is 1. The largest absolute Gasteiger partial charge is 0.309 e. The number of aromatic nitrogens is 2. The van der Waals surface area contributed by atoms with E-state index in [1.54, 1.807) is 18.0 Å². The number of nitrogens with zero attached hydrogens (tertiary/aromatic N) is 1. The van der Waals surface area contributed by atoms with Crippen LogP contribution in [0.5, 0.6) is 0 Å². The molecular weight excluding hydrogens is 347 g/mol. The molecule has 0 saturated heterocycles. The van der Waals surface area contributed by atoms with Crippen molar-refractivity contribution in [3.63, 3.8) is 0 Å². The van der Waals surface area contributed by atoms with Crippen LogP contribution in [0.4, 0.5) is 0 Å². The molecule has 0 aliphatic heterocycles. The van der Waals surface area contributed by atoms with E-state index in [1.807, 2.05) is 34.7 Å². The predicted octanol–water partition coefficient (Wildman–Crippen LogP) is 2.98. The van der Waals surface area contributed by atoms with Gasteiger partial charge in [0.25, 0.3) is 5.56 Å². The lowest BCUT2D eigenvalue weighted by molar-refractivity contribution is 0.989. The van der Waals surface area contributed by atoms with E-state index in [-0.39, 0.29) is 5.56 Å². The molecule has 3 nitrogen and oxygen atoms in total. The zero-order valence-corrected chi connectivity index (χ0v) is 12.2. The van der Waals surface area contributed by atoms with Gasteiger partial charge < -0.3 is 4.98 Å². The van der Waals surface area contributed by atoms with E-state index < -0.39 is 0 Å². The summed E-state index contributed by atoms with van der Waals surface area (Å²) in [5.74, 6) is 1.39. The lowest BCUT2D eigenvalue weighted by atomic mass is 10.2. The highest BCUT2D eigenvalue weighted by Crippen LogP contribution is 2.24. The molecule has 0 radical (unpaired) electrons. The normalized spacial score (nSPS) is 10.5. The minimum absolute atomic E-state index is 0.0685. The van der Waals surface area contributed by atoms with Gasteiger partial charge in [-0.15, -0.1) is 11.8 Å². The number of halogens is 1. The second-order valence-corrected chi connectivity index (χ2v) is 5.74. The molecule has 88 valence electrons. The van der Waals surface area contributed by atoms with Gasteiger partial charge in [0, 0.05) is 11.1 Å². The number of nitrogens with one attached hydrogen (secondary N) is 1. The smallest absolute Gasteiger partial charge is 0.264 e. The molecule has 5 heteroatoms. The highest BCUT2D eigenvalue weighted by molar-refractivity contribution is 14.1. The molecule has 0 fully saturated rings. The van der Waals surface area contributed by atoms with Crippen LogP contribution in [0.3, 0.4) is 0 Å². The number of rotatable bonds is 3. The lowest BCUT2D eigenvalue weighted by Crippen LogP contribution is -2.13. The fourth-order valence-electron chi connectivity index (χ4n) is 1.35. The van der Waals surface area contributed by atoms with Crippen molar-refractivity contribution in [2.24, 2.45) is 0 Å². The van der Waals surface area contributed by atoms with Crippen molar-refractivity contribution in [3.8, 4) is 0 Å². The monoisotopic (exact) mass is 358 g/mol. The van der Waals surface area contributed by atoms with Crippen molar-refractivity contribution < 1.29 is 0 Å². The maximum absolute atomic E-state index is 11.4. The topological polar surface area (TPSA) is 45.8 Å². The maximum Gasteiger partial charge on any atom is 0.264 e. The zero-order chi connectivity index (χ0) is 12.3. The second-order valence-electron chi connectivity index (χ2n) is 3.56. The Bertz CT molecular complexity index is 583. The second kappa shape index (κ2) is 5.68. The molecule has 0 aliphatic carbocycles. The zero-order valence-electron chi connectivity index (χ0n) is 9.24. The van der Waals surface area contributed by atoms with Crippen LogP contribution in [0.25, 0.3) is 0 Å². The molecule has 0 bridgehead atoms. The SMILES string of the molecule is Cc1ccccc1SCc1ncc(I)c(=O)[nH]1. The van der Waals surface area contributed by atoms with Gasteiger partial charge in [0.2, 0.25) is 0 Å². The van der Waals surface area contributed by atoms with Crippen molar-refractivity contribution in [3.05, 3.63) is 55.8 Å². The molecule has 0 unspecified atom stereocenters. The van der Waals surface area contributed by atoms with Crippen LogP contribution < -0.4 is 5.56 Å². The predicted molar refractivity (Wildman–Crippen MR) is 78.3 cm³/mol. The Morgan fingerprint density at radius 2 is 2.18 bits per heavy atom. The molecule has 1 heterocycles. The van der Waals surface area contributed by atoms with E-state index in [9.17, 15) is 4.79 Å². The van der Waals surface area contributed by atoms with E-state index >= 15 is 0 Å². The Hall–Kier alpha value is -0.820. The molecule has 2 aromatic rings.